The van der Waals surface area contributed by atoms with Crippen molar-refractivity contribution in [2.45, 2.75) is 20.3 Å². The van der Waals surface area contributed by atoms with Crippen molar-refractivity contribution in [2.24, 2.45) is 0 Å². The van der Waals surface area contributed by atoms with E-state index in [1.165, 1.54) is 0 Å². The summed E-state index contributed by atoms with van der Waals surface area (Å²) < 4.78 is 5.24. The lowest BCUT2D eigenvalue weighted by Crippen LogP contribution is -2.12. The van der Waals surface area contributed by atoms with Crippen molar-refractivity contribution >= 4 is 17.3 Å². The second kappa shape index (κ2) is 6.31. The number of carbonyl (C=O) groups is 1. The Morgan fingerprint density at radius 3 is 2.62 bits per heavy atom. The fraction of sp³-hybridized carbons (Fsp3) is 0.235. The molecule has 0 aliphatic heterocycles. The summed E-state index contributed by atoms with van der Waals surface area (Å²) in [6, 6.07) is 10.9. The standard InChI is InChI=1S/C17H20N2O2/c1-4-12-7-8-14(10-15(12)18)19-17(20)13-6-5-11(2)16(9-13)21-3/h5-10H,4,18H2,1-3H3,(H,19,20). The fourth-order valence-electron chi connectivity index (χ4n) is 2.16. The monoisotopic (exact) mass is 284 g/mol. The highest BCUT2D eigenvalue weighted by Gasteiger charge is 2.09. The molecule has 0 radical (unpaired) electrons. The molecule has 2 aromatic rings. The molecule has 2 rings (SSSR count). The molecule has 110 valence electrons. The van der Waals surface area contributed by atoms with Gasteiger partial charge in [0.1, 0.15) is 5.75 Å². The summed E-state index contributed by atoms with van der Waals surface area (Å²) in [5.41, 5.74) is 9.94. The van der Waals surface area contributed by atoms with Crippen LogP contribution in [0.2, 0.25) is 0 Å². The predicted molar refractivity (Wildman–Crippen MR) is 85.9 cm³/mol. The number of carbonyl (C=O) groups excluding carboxylic acids is 1. The van der Waals surface area contributed by atoms with Crippen molar-refractivity contribution in [3.05, 3.63) is 53.1 Å². The van der Waals surface area contributed by atoms with E-state index in [9.17, 15) is 4.79 Å². The van der Waals surface area contributed by atoms with Crippen LogP contribution in [-0.4, -0.2) is 13.0 Å². The molecule has 0 atom stereocenters. The van der Waals surface area contributed by atoms with Crippen LogP contribution in [0.1, 0.15) is 28.4 Å². The first-order valence-electron chi connectivity index (χ1n) is 6.89. The van der Waals surface area contributed by atoms with Crippen molar-refractivity contribution in [3.8, 4) is 5.75 Å². The van der Waals surface area contributed by atoms with Gasteiger partial charge in [0.25, 0.3) is 5.91 Å². The minimum atomic E-state index is -0.183. The van der Waals surface area contributed by atoms with E-state index in [0.29, 0.717) is 22.7 Å². The summed E-state index contributed by atoms with van der Waals surface area (Å²) in [7, 11) is 1.59. The molecule has 0 heterocycles. The van der Waals surface area contributed by atoms with Crippen LogP contribution in [0.25, 0.3) is 0 Å². The van der Waals surface area contributed by atoms with Crippen LogP contribution in [0, 0.1) is 6.92 Å². The van der Waals surface area contributed by atoms with Gasteiger partial charge < -0.3 is 15.8 Å². The van der Waals surface area contributed by atoms with Crippen LogP contribution in [-0.2, 0) is 6.42 Å². The lowest BCUT2D eigenvalue weighted by molar-refractivity contribution is 0.102. The predicted octanol–water partition coefficient (Wildman–Crippen LogP) is 3.40. The Hall–Kier alpha value is -2.49. The number of nitrogens with one attached hydrogen (secondary N) is 1. The van der Waals surface area contributed by atoms with E-state index in [4.69, 9.17) is 10.5 Å². The third kappa shape index (κ3) is 3.34. The zero-order valence-corrected chi connectivity index (χ0v) is 12.6. The number of anilines is 2. The Morgan fingerprint density at radius 1 is 1.24 bits per heavy atom. The number of rotatable bonds is 4. The minimum Gasteiger partial charge on any atom is -0.496 e. The fourth-order valence-corrected chi connectivity index (χ4v) is 2.16. The van der Waals surface area contributed by atoms with E-state index >= 15 is 0 Å². The Kier molecular flexibility index (Phi) is 4.48. The Balaban J connectivity index is 2.19. The van der Waals surface area contributed by atoms with Gasteiger partial charge in [-0.2, -0.15) is 0 Å². The van der Waals surface area contributed by atoms with Crippen LogP contribution in [0.15, 0.2) is 36.4 Å². The summed E-state index contributed by atoms with van der Waals surface area (Å²) >= 11 is 0. The van der Waals surface area contributed by atoms with Gasteiger partial charge in [-0.15, -0.1) is 0 Å². The molecule has 1 amide bonds. The van der Waals surface area contributed by atoms with E-state index in [-0.39, 0.29) is 5.91 Å². The van der Waals surface area contributed by atoms with Crippen LogP contribution in [0.3, 0.4) is 0 Å². The largest absolute Gasteiger partial charge is 0.496 e. The van der Waals surface area contributed by atoms with Gasteiger partial charge in [0, 0.05) is 16.9 Å². The highest BCUT2D eigenvalue weighted by atomic mass is 16.5. The van der Waals surface area contributed by atoms with Crippen molar-refractivity contribution in [1.82, 2.24) is 0 Å². The van der Waals surface area contributed by atoms with Crippen molar-refractivity contribution in [1.29, 1.82) is 0 Å². The van der Waals surface area contributed by atoms with E-state index < -0.39 is 0 Å². The molecule has 4 nitrogen and oxygen atoms in total. The van der Waals surface area contributed by atoms with Gasteiger partial charge in [0.15, 0.2) is 0 Å². The molecule has 3 N–H and O–H groups in total. The molecule has 0 aromatic heterocycles. The quantitative estimate of drug-likeness (QED) is 0.846. The minimum absolute atomic E-state index is 0.183. The van der Waals surface area contributed by atoms with Crippen LogP contribution < -0.4 is 15.8 Å². The molecule has 0 aliphatic rings. The summed E-state index contributed by atoms with van der Waals surface area (Å²) in [5, 5.41) is 2.85. The topological polar surface area (TPSA) is 64.3 Å². The number of ether oxygens (including phenoxy) is 1. The maximum Gasteiger partial charge on any atom is 0.255 e. The maximum atomic E-state index is 12.3. The molecule has 0 unspecified atom stereocenters. The van der Waals surface area contributed by atoms with Crippen LogP contribution >= 0.6 is 0 Å². The van der Waals surface area contributed by atoms with Crippen molar-refractivity contribution in [2.75, 3.05) is 18.2 Å². The molecule has 0 saturated carbocycles. The lowest BCUT2D eigenvalue weighted by Gasteiger charge is -2.10. The molecular weight excluding hydrogens is 264 g/mol. The van der Waals surface area contributed by atoms with Crippen LogP contribution in [0.5, 0.6) is 5.75 Å². The molecule has 2 aromatic carbocycles. The van der Waals surface area contributed by atoms with Gasteiger partial charge in [-0.05, 0) is 48.7 Å². The summed E-state index contributed by atoms with van der Waals surface area (Å²) in [4.78, 5) is 12.3. The Labute approximate surface area is 124 Å². The second-order valence-electron chi connectivity index (χ2n) is 4.91. The summed E-state index contributed by atoms with van der Waals surface area (Å²) in [6.45, 7) is 3.98. The number of benzene rings is 2. The smallest absolute Gasteiger partial charge is 0.255 e. The number of aryl methyl sites for hydroxylation is 2. The van der Waals surface area contributed by atoms with Gasteiger partial charge in [-0.3, -0.25) is 4.79 Å². The average Bonchev–Trinajstić information content (AvgIpc) is 2.48. The Morgan fingerprint density at radius 2 is 2.00 bits per heavy atom. The van der Waals surface area contributed by atoms with E-state index in [1.54, 1.807) is 25.3 Å². The highest BCUT2D eigenvalue weighted by molar-refractivity contribution is 6.04. The first kappa shape index (κ1) is 14.9. The molecule has 4 heteroatoms. The maximum absolute atomic E-state index is 12.3. The normalized spacial score (nSPS) is 10.2. The number of methoxy groups -OCH3 is 1. The first-order chi connectivity index (χ1) is 10.0. The van der Waals surface area contributed by atoms with Gasteiger partial charge in [-0.25, -0.2) is 0 Å². The number of amides is 1. The second-order valence-corrected chi connectivity index (χ2v) is 4.91. The van der Waals surface area contributed by atoms with Crippen molar-refractivity contribution in [3.63, 3.8) is 0 Å². The highest BCUT2D eigenvalue weighted by Crippen LogP contribution is 2.22. The zero-order valence-electron chi connectivity index (χ0n) is 12.6. The molecule has 0 aliphatic carbocycles. The van der Waals surface area contributed by atoms with Gasteiger partial charge in [0.05, 0.1) is 7.11 Å². The number of hydrogen-bond donors (Lipinski definition) is 2. The van der Waals surface area contributed by atoms with E-state index in [2.05, 4.69) is 5.32 Å². The summed E-state index contributed by atoms with van der Waals surface area (Å²) in [5.74, 6) is 0.514. The number of hydrogen-bond acceptors (Lipinski definition) is 3. The molecule has 21 heavy (non-hydrogen) atoms. The molecular formula is C17H20N2O2. The Bertz CT molecular complexity index is 666. The third-order valence-corrected chi connectivity index (χ3v) is 3.45. The zero-order chi connectivity index (χ0) is 15.4. The number of nitrogens with two attached hydrogens (primary N) is 1. The first-order valence-corrected chi connectivity index (χ1v) is 6.89. The molecule has 0 saturated heterocycles. The average molecular weight is 284 g/mol. The third-order valence-electron chi connectivity index (χ3n) is 3.45. The van der Waals surface area contributed by atoms with Gasteiger partial charge >= 0.3 is 0 Å². The van der Waals surface area contributed by atoms with E-state index in [1.807, 2.05) is 32.0 Å². The van der Waals surface area contributed by atoms with Gasteiger partial charge in [0.2, 0.25) is 0 Å². The lowest BCUT2D eigenvalue weighted by atomic mass is 10.1. The van der Waals surface area contributed by atoms with E-state index in [0.717, 1.165) is 17.5 Å². The molecule has 0 spiro atoms. The SMILES string of the molecule is CCc1ccc(NC(=O)c2ccc(C)c(OC)c2)cc1N. The molecule has 0 bridgehead atoms. The summed E-state index contributed by atoms with van der Waals surface area (Å²) in [6.07, 6.45) is 0.870. The molecule has 0 fully saturated rings. The van der Waals surface area contributed by atoms with Gasteiger partial charge in [-0.1, -0.05) is 19.1 Å². The van der Waals surface area contributed by atoms with Crippen molar-refractivity contribution < 1.29 is 9.53 Å². The van der Waals surface area contributed by atoms with Crippen LogP contribution in [0.4, 0.5) is 11.4 Å². The number of nitrogen functional groups attached to an aromatic ring is 1.